The smallest absolute Gasteiger partial charge is 0.251 e. The lowest BCUT2D eigenvalue weighted by Gasteiger charge is -2.35. The van der Waals surface area contributed by atoms with Gasteiger partial charge in [0, 0.05) is 38.8 Å². The molecule has 136 valence electrons. The number of carbonyl (C=O) groups excluding carboxylic acids is 2. The zero-order valence-electron chi connectivity index (χ0n) is 14.7. The third-order valence-corrected chi connectivity index (χ3v) is 5.48. The number of piperazine rings is 1. The summed E-state index contributed by atoms with van der Waals surface area (Å²) in [6.07, 6.45) is 8.91. The Labute approximate surface area is 144 Å². The van der Waals surface area contributed by atoms with Gasteiger partial charge in [-0.25, -0.2) is 0 Å². The maximum absolute atomic E-state index is 12.3. The molecule has 3 rings (SSSR count). The second-order valence-corrected chi connectivity index (χ2v) is 7.36. The average Bonchev–Trinajstić information content (AvgIpc) is 3.01. The first kappa shape index (κ1) is 17.7. The summed E-state index contributed by atoms with van der Waals surface area (Å²) in [5, 5.41) is 3.20. The zero-order valence-corrected chi connectivity index (χ0v) is 14.7. The Kier molecular flexibility index (Phi) is 6.49. The maximum atomic E-state index is 12.3. The van der Waals surface area contributed by atoms with Crippen molar-refractivity contribution < 1.29 is 14.3 Å². The Morgan fingerprint density at radius 2 is 1.62 bits per heavy atom. The molecule has 0 spiro atoms. The third kappa shape index (κ3) is 4.93. The van der Waals surface area contributed by atoms with E-state index in [1.165, 1.54) is 25.7 Å². The summed E-state index contributed by atoms with van der Waals surface area (Å²) in [4.78, 5) is 28.6. The minimum absolute atomic E-state index is 0.134. The zero-order chi connectivity index (χ0) is 16.8. The van der Waals surface area contributed by atoms with E-state index < -0.39 is 0 Å². The fraction of sp³-hybridized carbons (Fsp3) is 0.889. The molecule has 1 aliphatic carbocycles. The Bertz CT molecular complexity index is 421. The molecule has 24 heavy (non-hydrogen) atoms. The molecule has 1 atom stereocenters. The number of ether oxygens (including phenoxy) is 1. The maximum Gasteiger partial charge on any atom is 0.251 e. The molecule has 3 aliphatic rings. The van der Waals surface area contributed by atoms with Gasteiger partial charge in [-0.1, -0.05) is 25.7 Å². The van der Waals surface area contributed by atoms with E-state index in [4.69, 9.17) is 4.74 Å². The van der Waals surface area contributed by atoms with Gasteiger partial charge in [-0.2, -0.15) is 0 Å². The quantitative estimate of drug-likeness (QED) is 0.782. The first-order valence-corrected chi connectivity index (χ1v) is 9.64. The van der Waals surface area contributed by atoms with Crippen LogP contribution in [-0.4, -0.2) is 73.1 Å². The van der Waals surface area contributed by atoms with Crippen molar-refractivity contribution in [2.24, 2.45) is 0 Å². The van der Waals surface area contributed by atoms with Crippen LogP contribution in [0.15, 0.2) is 0 Å². The summed E-state index contributed by atoms with van der Waals surface area (Å²) in [7, 11) is 0. The molecule has 3 fully saturated rings. The van der Waals surface area contributed by atoms with Gasteiger partial charge in [0.25, 0.3) is 5.91 Å². The molecule has 0 aromatic heterocycles. The number of hydrogen-bond acceptors (Lipinski definition) is 4. The van der Waals surface area contributed by atoms with Crippen molar-refractivity contribution in [2.45, 2.75) is 63.5 Å². The Morgan fingerprint density at radius 3 is 2.25 bits per heavy atom. The van der Waals surface area contributed by atoms with Crippen LogP contribution in [0.2, 0.25) is 0 Å². The van der Waals surface area contributed by atoms with E-state index in [9.17, 15) is 9.59 Å². The van der Waals surface area contributed by atoms with Crippen LogP contribution in [0.1, 0.15) is 51.4 Å². The van der Waals surface area contributed by atoms with E-state index in [1.54, 1.807) is 0 Å². The van der Waals surface area contributed by atoms with E-state index in [0.717, 1.165) is 38.8 Å². The van der Waals surface area contributed by atoms with Crippen molar-refractivity contribution in [1.82, 2.24) is 15.1 Å². The van der Waals surface area contributed by atoms with Gasteiger partial charge in [-0.3, -0.25) is 14.5 Å². The monoisotopic (exact) mass is 337 g/mol. The first-order chi connectivity index (χ1) is 11.7. The summed E-state index contributed by atoms with van der Waals surface area (Å²) in [5.41, 5.74) is 0. The topological polar surface area (TPSA) is 61.9 Å². The molecule has 6 nitrogen and oxygen atoms in total. The van der Waals surface area contributed by atoms with Gasteiger partial charge in [0.05, 0.1) is 6.54 Å². The van der Waals surface area contributed by atoms with E-state index in [2.05, 4.69) is 10.2 Å². The van der Waals surface area contributed by atoms with Crippen molar-refractivity contribution in [3.63, 3.8) is 0 Å². The predicted molar refractivity (Wildman–Crippen MR) is 91.6 cm³/mol. The third-order valence-electron chi connectivity index (χ3n) is 5.48. The molecule has 0 radical (unpaired) electrons. The van der Waals surface area contributed by atoms with Crippen LogP contribution >= 0.6 is 0 Å². The Morgan fingerprint density at radius 1 is 0.917 bits per heavy atom. The summed E-state index contributed by atoms with van der Waals surface area (Å²) < 4.78 is 5.49. The molecule has 2 saturated heterocycles. The van der Waals surface area contributed by atoms with Crippen LogP contribution in [-0.2, 0) is 14.3 Å². The lowest BCUT2D eigenvalue weighted by Crippen LogP contribution is -2.53. The van der Waals surface area contributed by atoms with Crippen molar-refractivity contribution in [3.8, 4) is 0 Å². The minimum Gasteiger partial charge on any atom is -0.368 e. The molecule has 0 aromatic carbocycles. The molecule has 2 aliphatic heterocycles. The molecule has 0 bridgehead atoms. The van der Waals surface area contributed by atoms with Crippen LogP contribution in [0.5, 0.6) is 0 Å². The molecule has 6 heteroatoms. The molecule has 1 N–H and O–H groups in total. The number of rotatable bonds is 4. The van der Waals surface area contributed by atoms with Crippen molar-refractivity contribution in [2.75, 3.05) is 39.3 Å². The van der Waals surface area contributed by atoms with E-state index in [1.807, 2.05) is 4.90 Å². The predicted octanol–water partition coefficient (Wildman–Crippen LogP) is 1.15. The van der Waals surface area contributed by atoms with Crippen LogP contribution in [0.25, 0.3) is 0 Å². The summed E-state index contributed by atoms with van der Waals surface area (Å²) >= 11 is 0. The molecule has 0 aromatic rings. The Balaban J connectivity index is 1.36. The second-order valence-electron chi connectivity index (χ2n) is 7.36. The molecular formula is C18H31N3O3. The fourth-order valence-corrected chi connectivity index (χ4v) is 4.00. The van der Waals surface area contributed by atoms with Crippen molar-refractivity contribution >= 4 is 11.8 Å². The van der Waals surface area contributed by atoms with Gasteiger partial charge >= 0.3 is 0 Å². The molecule has 1 unspecified atom stereocenters. The normalized spacial score (nSPS) is 27.0. The van der Waals surface area contributed by atoms with Crippen LogP contribution in [0.4, 0.5) is 0 Å². The van der Waals surface area contributed by atoms with Gasteiger partial charge in [0.15, 0.2) is 0 Å². The van der Waals surface area contributed by atoms with Crippen LogP contribution < -0.4 is 5.32 Å². The number of hydrogen-bond donors (Lipinski definition) is 1. The lowest BCUT2D eigenvalue weighted by molar-refractivity contribution is -0.142. The SMILES string of the molecule is O=C(CN1CCN(C(=O)C2CCCO2)CC1)NC1CCCCCC1. The van der Waals surface area contributed by atoms with Crippen molar-refractivity contribution in [3.05, 3.63) is 0 Å². The standard InChI is InChI=1S/C18H31N3O3/c22-17(19-15-6-3-1-2-4-7-15)14-20-9-11-21(12-10-20)18(23)16-8-5-13-24-16/h15-16H,1-14H2,(H,19,22). The summed E-state index contributed by atoms with van der Waals surface area (Å²) in [6, 6.07) is 0.363. The average molecular weight is 337 g/mol. The van der Waals surface area contributed by atoms with Gasteiger partial charge in [-0.15, -0.1) is 0 Å². The molecule has 2 amide bonds. The highest BCUT2D eigenvalue weighted by atomic mass is 16.5. The number of carbonyl (C=O) groups is 2. The highest BCUT2D eigenvalue weighted by molar-refractivity contribution is 5.81. The second kappa shape index (κ2) is 8.81. The van der Waals surface area contributed by atoms with Crippen LogP contribution in [0.3, 0.4) is 0 Å². The van der Waals surface area contributed by atoms with Crippen LogP contribution in [0, 0.1) is 0 Å². The highest BCUT2D eigenvalue weighted by Crippen LogP contribution is 2.18. The lowest BCUT2D eigenvalue weighted by atomic mass is 10.1. The number of amides is 2. The molecular weight excluding hydrogens is 306 g/mol. The molecule has 1 saturated carbocycles. The van der Waals surface area contributed by atoms with E-state index >= 15 is 0 Å². The van der Waals surface area contributed by atoms with Gasteiger partial charge in [-0.05, 0) is 25.7 Å². The summed E-state index contributed by atoms with van der Waals surface area (Å²) in [6.45, 7) is 4.12. The van der Waals surface area contributed by atoms with Crippen molar-refractivity contribution in [1.29, 1.82) is 0 Å². The summed E-state index contributed by atoms with van der Waals surface area (Å²) in [5.74, 6) is 0.274. The number of nitrogens with zero attached hydrogens (tertiary/aromatic N) is 2. The fourth-order valence-electron chi connectivity index (χ4n) is 4.00. The number of nitrogens with one attached hydrogen (secondary N) is 1. The van der Waals surface area contributed by atoms with E-state index in [0.29, 0.717) is 32.3 Å². The largest absolute Gasteiger partial charge is 0.368 e. The van der Waals surface area contributed by atoms with Gasteiger partial charge in [0.2, 0.25) is 5.91 Å². The van der Waals surface area contributed by atoms with E-state index in [-0.39, 0.29) is 17.9 Å². The minimum atomic E-state index is -0.227. The van der Waals surface area contributed by atoms with Gasteiger partial charge < -0.3 is 15.0 Å². The first-order valence-electron chi connectivity index (χ1n) is 9.64. The Hall–Kier alpha value is -1.14. The molecule has 2 heterocycles. The highest BCUT2D eigenvalue weighted by Gasteiger charge is 2.30. The van der Waals surface area contributed by atoms with Gasteiger partial charge in [0.1, 0.15) is 6.10 Å².